The summed E-state index contributed by atoms with van der Waals surface area (Å²) in [5, 5.41) is 2.41. The molecule has 1 saturated heterocycles. The maximum atomic E-state index is 12.9. The molecule has 1 fully saturated rings. The number of benzene rings is 1. The zero-order valence-corrected chi connectivity index (χ0v) is 16.0. The highest BCUT2D eigenvalue weighted by atomic mass is 16.5. The van der Waals surface area contributed by atoms with E-state index >= 15 is 0 Å². The van der Waals surface area contributed by atoms with Crippen molar-refractivity contribution in [2.45, 2.75) is 19.5 Å². The van der Waals surface area contributed by atoms with E-state index in [1.54, 1.807) is 44.4 Å². The highest BCUT2D eigenvalue weighted by molar-refractivity contribution is 6.04. The second-order valence-electron chi connectivity index (χ2n) is 6.19. The lowest BCUT2D eigenvalue weighted by atomic mass is 10.1. The normalized spacial score (nSPS) is 14.7. The van der Waals surface area contributed by atoms with Crippen molar-refractivity contribution in [2.75, 3.05) is 41.0 Å². The van der Waals surface area contributed by atoms with Crippen LogP contribution in [-0.4, -0.2) is 74.7 Å². The molecule has 9 heteroatoms. The molecule has 1 aromatic carbocycles. The van der Waals surface area contributed by atoms with E-state index in [2.05, 4.69) is 5.32 Å². The third kappa shape index (κ3) is 5.10. The van der Waals surface area contributed by atoms with Gasteiger partial charge in [0.2, 0.25) is 5.91 Å². The summed E-state index contributed by atoms with van der Waals surface area (Å²) in [6.45, 7) is 1.99. The molecule has 0 radical (unpaired) electrons. The summed E-state index contributed by atoms with van der Waals surface area (Å²) in [6, 6.07) is 4.52. The molecule has 1 aliphatic heterocycles. The highest BCUT2D eigenvalue weighted by Crippen LogP contribution is 2.24. The van der Waals surface area contributed by atoms with Crippen molar-refractivity contribution in [3.63, 3.8) is 0 Å². The van der Waals surface area contributed by atoms with Crippen LogP contribution in [0.3, 0.4) is 0 Å². The minimum Gasteiger partial charge on any atom is -0.497 e. The molecule has 0 saturated carbocycles. The number of rotatable bonds is 9. The van der Waals surface area contributed by atoms with Crippen molar-refractivity contribution in [1.29, 1.82) is 0 Å². The molecular weight excluding hydrogens is 354 g/mol. The SMILES string of the molecule is COC[C@@H](C)N(Cc1cc(OC)cc(OC)c1)C(=O)CN1C(=O)CNC1=O. The zero-order valence-electron chi connectivity index (χ0n) is 16.0. The molecular formula is C18H25N3O6. The maximum Gasteiger partial charge on any atom is 0.325 e. The average molecular weight is 379 g/mol. The van der Waals surface area contributed by atoms with Crippen LogP contribution in [0.5, 0.6) is 11.5 Å². The van der Waals surface area contributed by atoms with Crippen molar-refractivity contribution >= 4 is 17.8 Å². The first-order chi connectivity index (χ1) is 12.9. The molecule has 1 atom stereocenters. The molecule has 1 N–H and O–H groups in total. The van der Waals surface area contributed by atoms with E-state index < -0.39 is 11.9 Å². The van der Waals surface area contributed by atoms with E-state index in [-0.39, 0.29) is 31.6 Å². The summed E-state index contributed by atoms with van der Waals surface area (Å²) < 4.78 is 15.7. The van der Waals surface area contributed by atoms with Gasteiger partial charge >= 0.3 is 6.03 Å². The Labute approximate surface area is 158 Å². The van der Waals surface area contributed by atoms with E-state index in [0.717, 1.165) is 10.5 Å². The van der Waals surface area contributed by atoms with E-state index in [1.807, 2.05) is 6.92 Å². The van der Waals surface area contributed by atoms with E-state index in [4.69, 9.17) is 14.2 Å². The van der Waals surface area contributed by atoms with Gasteiger partial charge in [0, 0.05) is 19.7 Å². The molecule has 1 aromatic rings. The Morgan fingerprint density at radius 3 is 2.30 bits per heavy atom. The number of carbonyl (C=O) groups excluding carboxylic acids is 3. The van der Waals surface area contributed by atoms with Gasteiger partial charge in [-0.3, -0.25) is 14.5 Å². The number of methoxy groups -OCH3 is 3. The number of urea groups is 1. The van der Waals surface area contributed by atoms with Gasteiger partial charge in [0.05, 0.1) is 33.4 Å². The van der Waals surface area contributed by atoms with E-state index in [9.17, 15) is 14.4 Å². The zero-order chi connectivity index (χ0) is 20.0. The average Bonchev–Trinajstić information content (AvgIpc) is 2.97. The molecule has 148 valence electrons. The van der Waals surface area contributed by atoms with Crippen LogP contribution < -0.4 is 14.8 Å². The molecule has 4 amide bonds. The molecule has 0 unspecified atom stereocenters. The maximum absolute atomic E-state index is 12.9. The number of imide groups is 1. The van der Waals surface area contributed by atoms with Crippen molar-refractivity contribution in [3.8, 4) is 11.5 Å². The van der Waals surface area contributed by atoms with Gasteiger partial charge in [0.15, 0.2) is 0 Å². The number of hydrogen-bond acceptors (Lipinski definition) is 6. The highest BCUT2D eigenvalue weighted by Gasteiger charge is 2.32. The van der Waals surface area contributed by atoms with Crippen LogP contribution in [0.1, 0.15) is 12.5 Å². The summed E-state index contributed by atoms with van der Waals surface area (Å²) in [7, 11) is 4.64. The number of amides is 4. The summed E-state index contributed by atoms with van der Waals surface area (Å²) in [6.07, 6.45) is 0. The monoisotopic (exact) mass is 379 g/mol. The summed E-state index contributed by atoms with van der Waals surface area (Å²) >= 11 is 0. The van der Waals surface area contributed by atoms with Crippen LogP contribution in [0.25, 0.3) is 0 Å². The molecule has 0 spiro atoms. The van der Waals surface area contributed by atoms with Crippen molar-refractivity contribution < 1.29 is 28.6 Å². The minimum absolute atomic E-state index is 0.0905. The third-order valence-electron chi connectivity index (χ3n) is 4.25. The van der Waals surface area contributed by atoms with Crippen LogP contribution in [0.4, 0.5) is 4.79 Å². The lowest BCUT2D eigenvalue weighted by molar-refractivity contribution is -0.139. The number of ether oxygens (including phenoxy) is 3. The summed E-state index contributed by atoms with van der Waals surface area (Å²) in [5.74, 6) is 0.429. The Bertz CT molecular complexity index is 670. The van der Waals surface area contributed by atoms with Crippen molar-refractivity contribution in [3.05, 3.63) is 23.8 Å². The first kappa shape index (κ1) is 20.5. The molecule has 2 rings (SSSR count). The first-order valence-corrected chi connectivity index (χ1v) is 8.48. The fourth-order valence-corrected chi connectivity index (χ4v) is 2.82. The predicted octanol–water partition coefficient (Wildman–Crippen LogP) is 0.619. The van der Waals surface area contributed by atoms with Crippen LogP contribution in [-0.2, 0) is 20.9 Å². The van der Waals surface area contributed by atoms with Gasteiger partial charge in [-0.1, -0.05) is 0 Å². The molecule has 1 aliphatic rings. The van der Waals surface area contributed by atoms with Crippen LogP contribution >= 0.6 is 0 Å². The quantitative estimate of drug-likeness (QED) is 0.632. The largest absolute Gasteiger partial charge is 0.497 e. The smallest absolute Gasteiger partial charge is 0.325 e. The minimum atomic E-state index is -0.559. The van der Waals surface area contributed by atoms with Gasteiger partial charge in [-0.05, 0) is 24.6 Å². The van der Waals surface area contributed by atoms with E-state index in [0.29, 0.717) is 18.1 Å². The molecule has 1 heterocycles. The topological polar surface area (TPSA) is 97.4 Å². The molecule has 0 bridgehead atoms. The standard InChI is InChI=1S/C18H25N3O6/c1-12(11-25-2)20(17(23)10-21-16(22)8-19-18(21)24)9-13-5-14(26-3)7-15(6-13)27-4/h5-7,12H,8-11H2,1-4H3,(H,19,24)/t12-/m1/s1. The second kappa shape index (κ2) is 9.22. The van der Waals surface area contributed by atoms with Gasteiger partial charge < -0.3 is 24.4 Å². The Morgan fingerprint density at radius 1 is 1.19 bits per heavy atom. The number of nitrogens with one attached hydrogen (secondary N) is 1. The Morgan fingerprint density at radius 2 is 1.81 bits per heavy atom. The number of nitrogens with zero attached hydrogens (tertiary/aromatic N) is 2. The third-order valence-corrected chi connectivity index (χ3v) is 4.25. The molecule has 27 heavy (non-hydrogen) atoms. The Balaban J connectivity index is 2.22. The molecule has 0 aliphatic carbocycles. The van der Waals surface area contributed by atoms with Gasteiger partial charge in [-0.15, -0.1) is 0 Å². The number of carbonyl (C=O) groups is 3. The van der Waals surface area contributed by atoms with Crippen molar-refractivity contribution in [1.82, 2.24) is 15.1 Å². The van der Waals surface area contributed by atoms with Gasteiger partial charge in [0.25, 0.3) is 5.91 Å². The van der Waals surface area contributed by atoms with Gasteiger partial charge in [-0.2, -0.15) is 0 Å². The predicted molar refractivity (Wildman–Crippen MR) is 96.5 cm³/mol. The number of hydrogen-bond donors (Lipinski definition) is 1. The van der Waals surface area contributed by atoms with Crippen LogP contribution in [0.15, 0.2) is 18.2 Å². The molecule has 0 aromatic heterocycles. The lowest BCUT2D eigenvalue weighted by Gasteiger charge is -2.30. The molecule has 9 nitrogen and oxygen atoms in total. The first-order valence-electron chi connectivity index (χ1n) is 8.48. The van der Waals surface area contributed by atoms with Crippen LogP contribution in [0, 0.1) is 0 Å². The van der Waals surface area contributed by atoms with E-state index in [1.165, 1.54) is 0 Å². The fraction of sp³-hybridized carbons (Fsp3) is 0.500. The van der Waals surface area contributed by atoms with Gasteiger partial charge in [-0.25, -0.2) is 4.79 Å². The summed E-state index contributed by atoms with van der Waals surface area (Å²) in [5.41, 5.74) is 0.791. The fourth-order valence-electron chi connectivity index (χ4n) is 2.82. The second-order valence-corrected chi connectivity index (χ2v) is 6.19. The Hall–Kier alpha value is -2.81. The lowest BCUT2D eigenvalue weighted by Crippen LogP contribution is -2.47. The van der Waals surface area contributed by atoms with Crippen LogP contribution in [0.2, 0.25) is 0 Å². The Kier molecular flexibility index (Phi) is 7.00. The van der Waals surface area contributed by atoms with Crippen molar-refractivity contribution in [2.24, 2.45) is 0 Å². The van der Waals surface area contributed by atoms with Gasteiger partial charge in [0.1, 0.15) is 18.0 Å². The summed E-state index contributed by atoms with van der Waals surface area (Å²) in [4.78, 5) is 38.8.